The van der Waals surface area contributed by atoms with Crippen LogP contribution < -0.4 is 10.6 Å². The highest BCUT2D eigenvalue weighted by atomic mass is 19.1. The molecule has 0 saturated heterocycles. The van der Waals surface area contributed by atoms with Crippen molar-refractivity contribution in [3.63, 3.8) is 0 Å². The molecule has 0 aliphatic heterocycles. The Morgan fingerprint density at radius 3 is 2.83 bits per heavy atom. The third-order valence-electron chi connectivity index (χ3n) is 3.17. The number of aromatic nitrogens is 2. The minimum absolute atomic E-state index is 0.216. The van der Waals surface area contributed by atoms with Crippen molar-refractivity contribution >= 4 is 17.4 Å². The highest BCUT2D eigenvalue weighted by molar-refractivity contribution is 5.93. The summed E-state index contributed by atoms with van der Waals surface area (Å²) in [4.78, 5) is 20.6. The van der Waals surface area contributed by atoms with E-state index in [4.69, 9.17) is 4.42 Å². The Hall–Kier alpha value is -3.22. The van der Waals surface area contributed by atoms with Crippen molar-refractivity contribution in [1.82, 2.24) is 15.3 Å². The van der Waals surface area contributed by atoms with Gasteiger partial charge in [-0.3, -0.25) is 4.79 Å². The van der Waals surface area contributed by atoms with Crippen LogP contribution in [0.2, 0.25) is 0 Å². The molecule has 1 amide bonds. The predicted octanol–water partition coefficient (Wildman–Crippen LogP) is 3.19. The standard InChI is InChI=1S/C17H15FN4O2/c1-11-20-15(17(23)19-10-14-6-3-7-24-14)9-16(21-11)22-13-5-2-4-12(18)8-13/h2-9H,10H2,1H3,(H,19,23)(H,20,21,22). The number of rotatable bonds is 5. The SMILES string of the molecule is Cc1nc(Nc2cccc(F)c2)cc(C(=O)NCc2ccco2)n1. The number of nitrogens with zero attached hydrogens (tertiary/aromatic N) is 2. The predicted molar refractivity (Wildman–Crippen MR) is 86.3 cm³/mol. The highest BCUT2D eigenvalue weighted by Gasteiger charge is 2.11. The van der Waals surface area contributed by atoms with Gasteiger partial charge in [-0.15, -0.1) is 0 Å². The monoisotopic (exact) mass is 326 g/mol. The number of aryl methyl sites for hydroxylation is 1. The fourth-order valence-corrected chi connectivity index (χ4v) is 2.13. The molecule has 0 atom stereocenters. The van der Waals surface area contributed by atoms with Gasteiger partial charge in [-0.05, 0) is 37.3 Å². The maximum absolute atomic E-state index is 13.2. The van der Waals surface area contributed by atoms with E-state index in [1.54, 1.807) is 31.2 Å². The molecule has 122 valence electrons. The van der Waals surface area contributed by atoms with Crippen molar-refractivity contribution < 1.29 is 13.6 Å². The van der Waals surface area contributed by atoms with Crippen molar-refractivity contribution in [2.45, 2.75) is 13.5 Å². The summed E-state index contributed by atoms with van der Waals surface area (Å²) >= 11 is 0. The minimum atomic E-state index is -0.359. The van der Waals surface area contributed by atoms with E-state index in [0.29, 0.717) is 23.1 Å². The van der Waals surface area contributed by atoms with Crippen molar-refractivity contribution in [1.29, 1.82) is 0 Å². The van der Waals surface area contributed by atoms with Crippen LogP contribution in [0.1, 0.15) is 22.1 Å². The number of hydrogen-bond donors (Lipinski definition) is 2. The topological polar surface area (TPSA) is 80.0 Å². The molecule has 0 aliphatic rings. The summed E-state index contributed by atoms with van der Waals surface area (Å²) in [6.45, 7) is 1.95. The van der Waals surface area contributed by atoms with E-state index >= 15 is 0 Å². The maximum Gasteiger partial charge on any atom is 0.270 e. The molecule has 0 unspecified atom stereocenters. The Balaban J connectivity index is 1.74. The third-order valence-corrected chi connectivity index (χ3v) is 3.17. The first-order chi connectivity index (χ1) is 11.6. The molecule has 6 nitrogen and oxygen atoms in total. The van der Waals surface area contributed by atoms with Crippen LogP contribution in [0.4, 0.5) is 15.9 Å². The lowest BCUT2D eigenvalue weighted by Crippen LogP contribution is -2.24. The van der Waals surface area contributed by atoms with Gasteiger partial charge in [-0.2, -0.15) is 0 Å². The van der Waals surface area contributed by atoms with Gasteiger partial charge in [-0.25, -0.2) is 14.4 Å². The summed E-state index contributed by atoms with van der Waals surface area (Å²) in [7, 11) is 0. The van der Waals surface area contributed by atoms with E-state index in [1.165, 1.54) is 24.5 Å². The molecule has 24 heavy (non-hydrogen) atoms. The zero-order valence-electron chi connectivity index (χ0n) is 12.9. The number of amides is 1. The molecule has 2 N–H and O–H groups in total. The van der Waals surface area contributed by atoms with Crippen LogP contribution in [0.25, 0.3) is 0 Å². The molecule has 0 radical (unpaired) electrons. The lowest BCUT2D eigenvalue weighted by Gasteiger charge is -2.09. The Morgan fingerprint density at radius 2 is 2.08 bits per heavy atom. The highest BCUT2D eigenvalue weighted by Crippen LogP contribution is 2.16. The van der Waals surface area contributed by atoms with Crippen molar-refractivity contribution in [2.24, 2.45) is 0 Å². The Labute approximate surface area is 137 Å². The minimum Gasteiger partial charge on any atom is -0.467 e. The number of carbonyl (C=O) groups is 1. The largest absolute Gasteiger partial charge is 0.467 e. The molecule has 2 heterocycles. The summed E-state index contributed by atoms with van der Waals surface area (Å²) in [6.07, 6.45) is 1.54. The molecule has 7 heteroatoms. The Bertz CT molecular complexity index is 850. The van der Waals surface area contributed by atoms with Crippen LogP contribution in [0.3, 0.4) is 0 Å². The molecule has 3 rings (SSSR count). The summed E-state index contributed by atoms with van der Waals surface area (Å²) in [5.41, 5.74) is 0.753. The molecule has 3 aromatic rings. The zero-order chi connectivity index (χ0) is 16.9. The molecule has 0 aliphatic carbocycles. The van der Waals surface area contributed by atoms with Gasteiger partial charge < -0.3 is 15.1 Å². The second-order valence-electron chi connectivity index (χ2n) is 5.08. The molecule has 0 fully saturated rings. The van der Waals surface area contributed by atoms with Gasteiger partial charge in [0.15, 0.2) is 0 Å². The van der Waals surface area contributed by atoms with E-state index in [2.05, 4.69) is 20.6 Å². The summed E-state index contributed by atoms with van der Waals surface area (Å²) in [6, 6.07) is 11.0. The van der Waals surface area contributed by atoms with E-state index in [-0.39, 0.29) is 24.0 Å². The van der Waals surface area contributed by atoms with Gasteiger partial charge in [0.25, 0.3) is 5.91 Å². The van der Waals surface area contributed by atoms with Gasteiger partial charge in [0.2, 0.25) is 0 Å². The van der Waals surface area contributed by atoms with Crippen LogP contribution in [0.15, 0.2) is 53.1 Å². The van der Waals surface area contributed by atoms with Gasteiger partial charge in [0.1, 0.15) is 28.9 Å². The van der Waals surface area contributed by atoms with Crippen LogP contribution in [-0.2, 0) is 6.54 Å². The smallest absolute Gasteiger partial charge is 0.270 e. The number of benzene rings is 1. The summed E-state index contributed by atoms with van der Waals surface area (Å²) in [5, 5.41) is 5.68. The number of anilines is 2. The van der Waals surface area contributed by atoms with Crippen molar-refractivity contribution in [3.05, 3.63) is 71.8 Å². The second-order valence-corrected chi connectivity index (χ2v) is 5.08. The normalized spacial score (nSPS) is 10.4. The van der Waals surface area contributed by atoms with Crippen LogP contribution in [0, 0.1) is 12.7 Å². The number of furan rings is 1. The Morgan fingerprint density at radius 1 is 1.21 bits per heavy atom. The fraction of sp³-hybridized carbons (Fsp3) is 0.118. The molecular formula is C17H15FN4O2. The number of carbonyl (C=O) groups excluding carboxylic acids is 1. The third kappa shape index (κ3) is 3.95. The molecule has 2 aromatic heterocycles. The summed E-state index contributed by atoms with van der Waals surface area (Å²) in [5.74, 6) is 0.782. The first-order valence-corrected chi connectivity index (χ1v) is 7.29. The maximum atomic E-state index is 13.2. The first-order valence-electron chi connectivity index (χ1n) is 7.29. The van der Waals surface area contributed by atoms with Crippen LogP contribution in [0.5, 0.6) is 0 Å². The van der Waals surface area contributed by atoms with E-state index in [1.807, 2.05) is 0 Å². The van der Waals surface area contributed by atoms with Crippen LogP contribution >= 0.6 is 0 Å². The van der Waals surface area contributed by atoms with Gasteiger partial charge in [-0.1, -0.05) is 6.07 Å². The summed E-state index contributed by atoms with van der Waals surface area (Å²) < 4.78 is 18.4. The zero-order valence-corrected chi connectivity index (χ0v) is 12.9. The average molecular weight is 326 g/mol. The lowest BCUT2D eigenvalue weighted by molar-refractivity contribution is 0.0942. The molecule has 0 spiro atoms. The van der Waals surface area contributed by atoms with Crippen molar-refractivity contribution in [3.8, 4) is 0 Å². The van der Waals surface area contributed by atoms with E-state index < -0.39 is 0 Å². The Kier molecular flexibility index (Phi) is 4.51. The first kappa shape index (κ1) is 15.7. The lowest BCUT2D eigenvalue weighted by atomic mass is 10.3. The molecule has 0 saturated carbocycles. The molecular weight excluding hydrogens is 311 g/mol. The quantitative estimate of drug-likeness (QED) is 0.752. The number of hydrogen-bond acceptors (Lipinski definition) is 5. The van der Waals surface area contributed by atoms with Gasteiger partial charge >= 0.3 is 0 Å². The van der Waals surface area contributed by atoms with E-state index in [9.17, 15) is 9.18 Å². The number of halogens is 1. The van der Waals surface area contributed by atoms with Gasteiger partial charge in [0.05, 0.1) is 12.8 Å². The second kappa shape index (κ2) is 6.91. The van der Waals surface area contributed by atoms with Crippen LogP contribution in [-0.4, -0.2) is 15.9 Å². The number of nitrogens with one attached hydrogen (secondary N) is 2. The van der Waals surface area contributed by atoms with E-state index in [0.717, 1.165) is 0 Å². The average Bonchev–Trinajstić information content (AvgIpc) is 3.05. The fourth-order valence-electron chi connectivity index (χ4n) is 2.13. The van der Waals surface area contributed by atoms with Crippen molar-refractivity contribution in [2.75, 3.05) is 5.32 Å². The molecule has 1 aromatic carbocycles. The van der Waals surface area contributed by atoms with Gasteiger partial charge in [0, 0.05) is 11.8 Å². The molecule has 0 bridgehead atoms.